The lowest BCUT2D eigenvalue weighted by Crippen LogP contribution is -2.21. The summed E-state index contributed by atoms with van der Waals surface area (Å²) in [6, 6.07) is 1.43. The molecule has 1 aromatic heterocycles. The van der Waals surface area contributed by atoms with Crippen LogP contribution in [0.3, 0.4) is 0 Å². The molecule has 0 aliphatic carbocycles. The molecule has 0 aliphatic rings. The van der Waals surface area contributed by atoms with Gasteiger partial charge in [-0.15, -0.1) is 11.6 Å². The van der Waals surface area contributed by atoms with E-state index >= 15 is 0 Å². The first-order chi connectivity index (χ1) is 6.67. The van der Waals surface area contributed by atoms with Crippen molar-refractivity contribution < 1.29 is 4.39 Å². The highest BCUT2D eigenvalue weighted by atomic mass is 79.9. The number of rotatable bonds is 4. The first-order valence-electron chi connectivity index (χ1n) is 4.31. The van der Waals surface area contributed by atoms with Crippen LogP contribution < -0.4 is 5.32 Å². The first-order valence-corrected chi connectivity index (χ1v) is 5.63. The van der Waals surface area contributed by atoms with E-state index in [0.29, 0.717) is 10.4 Å². The Balaban J connectivity index is 2.76. The maximum Gasteiger partial charge on any atom is 0.166 e. The summed E-state index contributed by atoms with van der Waals surface area (Å²) in [5, 5.41) is 2.93. The topological polar surface area (TPSA) is 24.9 Å². The zero-order valence-corrected chi connectivity index (χ0v) is 10.1. The Hall–Kier alpha value is -0.350. The molecule has 0 amide bonds. The van der Waals surface area contributed by atoms with Gasteiger partial charge < -0.3 is 5.32 Å². The third kappa shape index (κ3) is 3.10. The number of alkyl halides is 1. The highest BCUT2D eigenvalue weighted by Crippen LogP contribution is 2.17. The maximum absolute atomic E-state index is 13.3. The molecule has 0 fully saturated rings. The Labute approximate surface area is 96.0 Å². The Bertz CT molecular complexity index is 305. The molecule has 78 valence electrons. The standard InChI is InChI=1S/C9H11BrClFN2/c1-2-7(4-11)14-9-8(12)3-6(10)5-13-9/h3,5,7H,2,4H2,1H3,(H,13,14). The van der Waals surface area contributed by atoms with Gasteiger partial charge in [-0.3, -0.25) is 0 Å². The Kier molecular flexibility index (Phi) is 4.62. The molecule has 0 aromatic carbocycles. The molecule has 0 bridgehead atoms. The largest absolute Gasteiger partial charge is 0.364 e. The molecule has 5 heteroatoms. The summed E-state index contributed by atoms with van der Waals surface area (Å²) in [6.07, 6.45) is 2.38. The van der Waals surface area contributed by atoms with Gasteiger partial charge in [-0.25, -0.2) is 9.37 Å². The molecular formula is C9H11BrClFN2. The summed E-state index contributed by atoms with van der Waals surface area (Å²) >= 11 is 8.82. The molecule has 2 nitrogen and oxygen atoms in total. The van der Waals surface area contributed by atoms with Crippen molar-refractivity contribution in [1.82, 2.24) is 4.98 Å². The summed E-state index contributed by atoms with van der Waals surface area (Å²) < 4.78 is 13.9. The summed E-state index contributed by atoms with van der Waals surface area (Å²) in [5.41, 5.74) is 0. The van der Waals surface area contributed by atoms with Crippen LogP contribution in [0, 0.1) is 5.82 Å². The number of hydrogen-bond acceptors (Lipinski definition) is 2. The zero-order valence-electron chi connectivity index (χ0n) is 7.73. The summed E-state index contributed by atoms with van der Waals surface area (Å²) in [4.78, 5) is 3.92. The van der Waals surface area contributed by atoms with E-state index in [0.717, 1.165) is 6.42 Å². The lowest BCUT2D eigenvalue weighted by Gasteiger charge is -2.14. The van der Waals surface area contributed by atoms with E-state index in [1.807, 2.05) is 6.92 Å². The van der Waals surface area contributed by atoms with Crippen LogP contribution in [0.15, 0.2) is 16.7 Å². The van der Waals surface area contributed by atoms with Gasteiger partial charge in [-0.05, 0) is 28.4 Å². The molecule has 1 N–H and O–H groups in total. The van der Waals surface area contributed by atoms with Crippen LogP contribution in [0.1, 0.15) is 13.3 Å². The highest BCUT2D eigenvalue weighted by molar-refractivity contribution is 9.10. The predicted octanol–water partition coefficient (Wildman–Crippen LogP) is 3.41. The molecule has 0 spiro atoms. The fourth-order valence-electron chi connectivity index (χ4n) is 0.964. The minimum atomic E-state index is -0.372. The van der Waals surface area contributed by atoms with Crippen LogP contribution in [-0.4, -0.2) is 16.9 Å². The highest BCUT2D eigenvalue weighted by Gasteiger charge is 2.09. The molecular weight excluding hydrogens is 270 g/mol. The SMILES string of the molecule is CCC(CCl)Nc1ncc(Br)cc1F. The number of aromatic nitrogens is 1. The van der Waals surface area contributed by atoms with E-state index in [-0.39, 0.29) is 17.7 Å². The quantitative estimate of drug-likeness (QED) is 0.856. The second-order valence-electron chi connectivity index (χ2n) is 2.89. The van der Waals surface area contributed by atoms with Gasteiger partial charge in [0.1, 0.15) is 0 Å². The van der Waals surface area contributed by atoms with Crippen molar-refractivity contribution in [2.45, 2.75) is 19.4 Å². The summed E-state index contributed by atoms with van der Waals surface area (Å²) in [7, 11) is 0. The number of nitrogens with zero attached hydrogens (tertiary/aromatic N) is 1. The van der Waals surface area contributed by atoms with Gasteiger partial charge in [-0.2, -0.15) is 0 Å². The third-order valence-electron chi connectivity index (χ3n) is 1.83. The Morgan fingerprint density at radius 3 is 2.93 bits per heavy atom. The van der Waals surface area contributed by atoms with Gasteiger partial charge in [0.2, 0.25) is 0 Å². The monoisotopic (exact) mass is 280 g/mol. The molecule has 1 unspecified atom stereocenters. The first kappa shape index (κ1) is 11.7. The molecule has 0 radical (unpaired) electrons. The second kappa shape index (κ2) is 5.51. The van der Waals surface area contributed by atoms with E-state index in [4.69, 9.17) is 11.6 Å². The fourth-order valence-corrected chi connectivity index (χ4v) is 1.56. The molecule has 0 saturated heterocycles. The van der Waals surface area contributed by atoms with Gasteiger partial charge in [0.25, 0.3) is 0 Å². The summed E-state index contributed by atoms with van der Waals surface area (Å²) in [5.74, 6) is 0.317. The zero-order chi connectivity index (χ0) is 10.6. The lowest BCUT2D eigenvalue weighted by molar-refractivity contribution is 0.617. The third-order valence-corrected chi connectivity index (χ3v) is 2.63. The van der Waals surface area contributed by atoms with Gasteiger partial charge in [-0.1, -0.05) is 6.92 Å². The van der Waals surface area contributed by atoms with E-state index in [9.17, 15) is 4.39 Å². The molecule has 1 rings (SSSR count). The molecule has 1 aromatic rings. The van der Waals surface area contributed by atoms with Crippen molar-refractivity contribution in [3.8, 4) is 0 Å². The predicted molar refractivity (Wildman–Crippen MR) is 60.3 cm³/mol. The van der Waals surface area contributed by atoms with E-state index < -0.39 is 0 Å². The van der Waals surface area contributed by atoms with Gasteiger partial charge >= 0.3 is 0 Å². The molecule has 1 atom stereocenters. The normalized spacial score (nSPS) is 12.6. The van der Waals surface area contributed by atoms with Crippen molar-refractivity contribution in [1.29, 1.82) is 0 Å². The molecule has 0 aliphatic heterocycles. The van der Waals surface area contributed by atoms with Crippen LogP contribution in [0.2, 0.25) is 0 Å². The van der Waals surface area contributed by atoms with Gasteiger partial charge in [0, 0.05) is 22.6 Å². The number of halogens is 3. The number of pyridine rings is 1. The fraction of sp³-hybridized carbons (Fsp3) is 0.444. The van der Waals surface area contributed by atoms with Crippen molar-refractivity contribution in [2.75, 3.05) is 11.2 Å². The molecule has 0 saturated carbocycles. The second-order valence-corrected chi connectivity index (χ2v) is 4.11. The van der Waals surface area contributed by atoms with Crippen molar-refractivity contribution in [2.24, 2.45) is 0 Å². The van der Waals surface area contributed by atoms with Crippen molar-refractivity contribution in [3.63, 3.8) is 0 Å². The minimum absolute atomic E-state index is 0.0554. The molecule has 1 heterocycles. The average Bonchev–Trinajstić information content (AvgIpc) is 2.17. The van der Waals surface area contributed by atoms with Gasteiger partial charge in [0.15, 0.2) is 11.6 Å². The van der Waals surface area contributed by atoms with E-state index in [2.05, 4.69) is 26.2 Å². The Morgan fingerprint density at radius 2 is 2.43 bits per heavy atom. The van der Waals surface area contributed by atoms with E-state index in [1.54, 1.807) is 6.20 Å². The van der Waals surface area contributed by atoms with Crippen LogP contribution in [-0.2, 0) is 0 Å². The van der Waals surface area contributed by atoms with Gasteiger partial charge in [0.05, 0.1) is 0 Å². The van der Waals surface area contributed by atoms with Crippen LogP contribution in [0.25, 0.3) is 0 Å². The van der Waals surface area contributed by atoms with Crippen molar-refractivity contribution in [3.05, 3.63) is 22.6 Å². The smallest absolute Gasteiger partial charge is 0.166 e. The number of hydrogen-bond donors (Lipinski definition) is 1. The van der Waals surface area contributed by atoms with Crippen LogP contribution in [0.4, 0.5) is 10.2 Å². The van der Waals surface area contributed by atoms with Crippen LogP contribution >= 0.6 is 27.5 Å². The number of nitrogens with one attached hydrogen (secondary N) is 1. The van der Waals surface area contributed by atoms with Crippen LogP contribution in [0.5, 0.6) is 0 Å². The average molecular weight is 282 g/mol. The number of anilines is 1. The maximum atomic E-state index is 13.3. The minimum Gasteiger partial charge on any atom is -0.364 e. The van der Waals surface area contributed by atoms with Crippen molar-refractivity contribution >= 4 is 33.3 Å². The lowest BCUT2D eigenvalue weighted by atomic mass is 10.2. The van der Waals surface area contributed by atoms with E-state index in [1.165, 1.54) is 6.07 Å². The molecule has 14 heavy (non-hydrogen) atoms. The summed E-state index contributed by atoms with van der Waals surface area (Å²) in [6.45, 7) is 1.98. The Morgan fingerprint density at radius 1 is 1.71 bits per heavy atom.